The highest BCUT2D eigenvalue weighted by atomic mass is 32.2. The van der Waals surface area contributed by atoms with Crippen LogP contribution in [0, 0.1) is 10.1 Å². The van der Waals surface area contributed by atoms with E-state index >= 15 is 0 Å². The van der Waals surface area contributed by atoms with Crippen molar-refractivity contribution in [2.45, 2.75) is 6.42 Å². The van der Waals surface area contributed by atoms with Crippen molar-refractivity contribution in [1.29, 1.82) is 0 Å². The fraction of sp³-hybridized carbons (Fsp3) is 0.118. The number of non-ortho nitro benzene ring substituents is 1. The summed E-state index contributed by atoms with van der Waals surface area (Å²) in [5.74, 6) is -0.582. The van der Waals surface area contributed by atoms with Gasteiger partial charge in [-0.05, 0) is 12.1 Å². The maximum absolute atomic E-state index is 12.4. The number of benzene rings is 1. The number of hydrogen-bond acceptors (Lipinski definition) is 7. The molecule has 3 rings (SSSR count). The number of amides is 1. The second-order valence-corrected chi connectivity index (χ2v) is 7.16. The zero-order valence-corrected chi connectivity index (χ0v) is 15.3. The molecule has 0 bridgehead atoms. The molecule has 1 aromatic carbocycles. The van der Waals surface area contributed by atoms with Crippen LogP contribution >= 0.6 is 24.0 Å². The molecule has 1 amide bonds. The van der Waals surface area contributed by atoms with E-state index in [1.54, 1.807) is 24.3 Å². The van der Waals surface area contributed by atoms with Crippen LogP contribution in [-0.4, -0.2) is 37.7 Å². The highest BCUT2D eigenvalue weighted by Crippen LogP contribution is 2.34. The maximum atomic E-state index is 12.4. The van der Waals surface area contributed by atoms with E-state index in [0.29, 0.717) is 22.0 Å². The lowest BCUT2D eigenvalue weighted by Gasteiger charge is -2.12. The lowest BCUT2D eigenvalue weighted by molar-refractivity contribution is -0.384. The Hall–Kier alpha value is -2.98. The minimum absolute atomic E-state index is 0.00836. The van der Waals surface area contributed by atoms with Gasteiger partial charge in [0.2, 0.25) is 0 Å². The van der Waals surface area contributed by atoms with Crippen LogP contribution in [0.25, 0.3) is 17.4 Å². The molecule has 1 fully saturated rings. The number of aliphatic carboxylic acids is 1. The van der Waals surface area contributed by atoms with Gasteiger partial charge in [-0.25, -0.2) is 0 Å². The number of nitrogens with zero attached hydrogens (tertiary/aromatic N) is 2. The summed E-state index contributed by atoms with van der Waals surface area (Å²) < 4.78 is 5.95. The summed E-state index contributed by atoms with van der Waals surface area (Å²) in [7, 11) is 0. The number of furan rings is 1. The third kappa shape index (κ3) is 4.23. The van der Waals surface area contributed by atoms with Crippen LogP contribution in [0.15, 0.2) is 45.7 Å². The van der Waals surface area contributed by atoms with Gasteiger partial charge in [-0.15, -0.1) is 0 Å². The third-order valence-electron chi connectivity index (χ3n) is 3.66. The van der Waals surface area contributed by atoms with Gasteiger partial charge in [0.25, 0.3) is 11.6 Å². The van der Waals surface area contributed by atoms with Gasteiger partial charge in [0.1, 0.15) is 15.8 Å². The molecule has 1 aromatic heterocycles. The number of carboxylic acids is 1. The van der Waals surface area contributed by atoms with Crippen LogP contribution in [0.4, 0.5) is 5.69 Å². The topological polar surface area (TPSA) is 114 Å². The predicted molar refractivity (Wildman–Crippen MR) is 103 cm³/mol. The van der Waals surface area contributed by atoms with Crippen LogP contribution in [0.5, 0.6) is 0 Å². The molecule has 2 aromatic rings. The van der Waals surface area contributed by atoms with E-state index in [-0.39, 0.29) is 28.9 Å². The summed E-state index contributed by atoms with van der Waals surface area (Å²) in [4.78, 5) is 35.0. The second kappa shape index (κ2) is 7.72. The Kier molecular flexibility index (Phi) is 5.38. The van der Waals surface area contributed by atoms with Crippen LogP contribution in [0.3, 0.4) is 0 Å². The van der Waals surface area contributed by atoms with Crippen molar-refractivity contribution >= 4 is 51.9 Å². The molecule has 0 unspecified atom stereocenters. The molecule has 10 heteroatoms. The average molecular weight is 404 g/mol. The minimum atomic E-state index is -1.01. The van der Waals surface area contributed by atoms with E-state index in [2.05, 4.69) is 0 Å². The van der Waals surface area contributed by atoms with E-state index in [0.717, 1.165) is 11.8 Å². The SMILES string of the molecule is O=C(O)CCN1C(=O)/C(=C\c2ccc(-c3cccc([N+](=O)[O-])c3)o2)SC1=S. The van der Waals surface area contributed by atoms with Crippen LogP contribution in [-0.2, 0) is 9.59 Å². The van der Waals surface area contributed by atoms with Gasteiger partial charge in [-0.3, -0.25) is 24.6 Å². The molecule has 1 saturated heterocycles. The van der Waals surface area contributed by atoms with Crippen molar-refractivity contribution in [3.63, 3.8) is 0 Å². The Morgan fingerprint density at radius 1 is 1.37 bits per heavy atom. The average Bonchev–Trinajstić information content (AvgIpc) is 3.19. The molecule has 0 radical (unpaired) electrons. The molecular formula is C17H12N2O6S2. The van der Waals surface area contributed by atoms with Crippen molar-refractivity contribution in [2.24, 2.45) is 0 Å². The van der Waals surface area contributed by atoms with Crippen molar-refractivity contribution in [2.75, 3.05) is 6.54 Å². The fourth-order valence-electron chi connectivity index (χ4n) is 2.39. The summed E-state index contributed by atoms with van der Waals surface area (Å²) in [5, 5.41) is 19.6. The molecule has 2 heterocycles. The molecule has 0 aliphatic carbocycles. The zero-order valence-electron chi connectivity index (χ0n) is 13.7. The molecule has 138 valence electrons. The van der Waals surface area contributed by atoms with E-state index in [1.165, 1.54) is 23.1 Å². The number of nitro groups is 1. The highest BCUT2D eigenvalue weighted by Gasteiger charge is 2.32. The number of carbonyl (C=O) groups excluding carboxylic acids is 1. The Balaban J connectivity index is 1.80. The molecule has 0 atom stereocenters. The molecule has 1 aliphatic rings. The van der Waals surface area contributed by atoms with Gasteiger partial charge in [-0.1, -0.05) is 36.1 Å². The largest absolute Gasteiger partial charge is 0.481 e. The van der Waals surface area contributed by atoms with Crippen LogP contribution in [0.1, 0.15) is 12.2 Å². The van der Waals surface area contributed by atoms with Gasteiger partial charge in [0.15, 0.2) is 0 Å². The lowest BCUT2D eigenvalue weighted by atomic mass is 10.1. The minimum Gasteiger partial charge on any atom is -0.481 e. The quantitative estimate of drug-likeness (QED) is 0.337. The first kappa shape index (κ1) is 18.8. The van der Waals surface area contributed by atoms with Gasteiger partial charge < -0.3 is 9.52 Å². The Labute approximate surface area is 162 Å². The highest BCUT2D eigenvalue weighted by molar-refractivity contribution is 8.26. The van der Waals surface area contributed by atoms with Gasteiger partial charge in [0, 0.05) is 30.3 Å². The van der Waals surface area contributed by atoms with E-state index in [4.69, 9.17) is 21.7 Å². The number of nitro benzene ring substituents is 1. The molecule has 1 N–H and O–H groups in total. The molecular weight excluding hydrogens is 392 g/mol. The van der Waals surface area contributed by atoms with E-state index in [1.807, 2.05) is 0 Å². The van der Waals surface area contributed by atoms with Gasteiger partial charge in [0.05, 0.1) is 16.2 Å². The number of thioether (sulfide) groups is 1. The first-order valence-corrected chi connectivity index (χ1v) is 8.89. The summed E-state index contributed by atoms with van der Waals surface area (Å²) in [6.07, 6.45) is 1.32. The molecule has 0 spiro atoms. The molecule has 27 heavy (non-hydrogen) atoms. The second-order valence-electron chi connectivity index (χ2n) is 5.49. The molecule has 8 nitrogen and oxygen atoms in total. The number of rotatable bonds is 6. The summed E-state index contributed by atoms with van der Waals surface area (Å²) in [6, 6.07) is 9.31. The van der Waals surface area contributed by atoms with Crippen molar-refractivity contribution in [3.05, 3.63) is 57.2 Å². The number of hydrogen-bond donors (Lipinski definition) is 1. The first-order valence-electron chi connectivity index (χ1n) is 7.67. The van der Waals surface area contributed by atoms with Gasteiger partial charge >= 0.3 is 5.97 Å². The van der Waals surface area contributed by atoms with Crippen LogP contribution in [0.2, 0.25) is 0 Å². The standard InChI is InChI=1S/C17H12N2O6S2/c20-15(21)6-7-18-16(22)14(27-17(18)26)9-12-4-5-13(25-12)10-2-1-3-11(8-10)19(23)24/h1-5,8-9H,6-7H2,(H,20,21)/b14-9+. The normalized spacial score (nSPS) is 15.6. The monoisotopic (exact) mass is 404 g/mol. The lowest BCUT2D eigenvalue weighted by Crippen LogP contribution is -2.30. The smallest absolute Gasteiger partial charge is 0.305 e. The van der Waals surface area contributed by atoms with E-state index in [9.17, 15) is 19.7 Å². The van der Waals surface area contributed by atoms with Crippen molar-refractivity contribution in [3.8, 4) is 11.3 Å². The summed E-state index contributed by atoms with van der Waals surface area (Å²) >= 11 is 6.19. The molecule has 1 aliphatic heterocycles. The first-order chi connectivity index (χ1) is 12.8. The van der Waals surface area contributed by atoms with Crippen molar-refractivity contribution < 1.29 is 24.0 Å². The zero-order chi connectivity index (χ0) is 19.6. The number of thiocarbonyl (C=S) groups is 1. The maximum Gasteiger partial charge on any atom is 0.305 e. The van der Waals surface area contributed by atoms with Crippen molar-refractivity contribution in [1.82, 2.24) is 4.90 Å². The van der Waals surface area contributed by atoms with E-state index < -0.39 is 10.9 Å². The Morgan fingerprint density at radius 2 is 2.15 bits per heavy atom. The van der Waals surface area contributed by atoms with Gasteiger partial charge in [-0.2, -0.15) is 0 Å². The predicted octanol–water partition coefficient (Wildman–Crippen LogP) is 3.53. The number of carbonyl (C=O) groups is 2. The fourth-order valence-corrected chi connectivity index (χ4v) is 3.68. The van der Waals surface area contributed by atoms with Crippen LogP contribution < -0.4 is 0 Å². The summed E-state index contributed by atoms with van der Waals surface area (Å²) in [6.45, 7) is 0.00836. The Bertz CT molecular complexity index is 981. The number of carboxylic acid groups (broad SMARTS) is 1. The summed E-state index contributed by atoms with van der Waals surface area (Å²) in [5.41, 5.74) is 0.489. The Morgan fingerprint density at radius 3 is 2.85 bits per heavy atom. The third-order valence-corrected chi connectivity index (χ3v) is 5.04. The molecule has 0 saturated carbocycles.